The smallest absolute Gasteiger partial charge is 0.220 e. The second-order valence-electron chi connectivity index (χ2n) is 4.53. The van der Waals surface area contributed by atoms with Crippen molar-refractivity contribution in [1.29, 1.82) is 0 Å². The molecule has 1 aromatic heterocycles. The van der Waals surface area contributed by atoms with Gasteiger partial charge in [0.15, 0.2) is 0 Å². The molecule has 1 amide bonds. The predicted molar refractivity (Wildman–Crippen MR) is 78.4 cm³/mol. The van der Waals surface area contributed by atoms with Crippen molar-refractivity contribution >= 4 is 5.91 Å². The molecule has 0 bridgehead atoms. The molecule has 0 aliphatic rings. The summed E-state index contributed by atoms with van der Waals surface area (Å²) in [7, 11) is 3.20. The molecule has 0 fully saturated rings. The summed E-state index contributed by atoms with van der Waals surface area (Å²) in [6.45, 7) is 0.421. The van der Waals surface area contributed by atoms with E-state index in [1.54, 1.807) is 26.5 Å². The average Bonchev–Trinajstić information content (AvgIpc) is 3.04. The van der Waals surface area contributed by atoms with Crippen LogP contribution in [0.15, 0.2) is 41.0 Å². The topological polar surface area (TPSA) is 60.7 Å². The summed E-state index contributed by atoms with van der Waals surface area (Å²) >= 11 is 0. The Morgan fingerprint density at radius 2 is 2.10 bits per heavy atom. The fraction of sp³-hybridized carbons (Fsp3) is 0.312. The van der Waals surface area contributed by atoms with Crippen LogP contribution in [0.25, 0.3) is 0 Å². The molecule has 0 aliphatic carbocycles. The van der Waals surface area contributed by atoms with E-state index >= 15 is 0 Å². The lowest BCUT2D eigenvalue weighted by Crippen LogP contribution is -2.23. The molecule has 0 spiro atoms. The molecule has 0 saturated heterocycles. The summed E-state index contributed by atoms with van der Waals surface area (Å²) in [4.78, 5) is 11.8. The molecule has 5 nitrogen and oxygen atoms in total. The van der Waals surface area contributed by atoms with Crippen LogP contribution in [0.1, 0.15) is 17.7 Å². The highest BCUT2D eigenvalue weighted by atomic mass is 16.5. The first-order valence-corrected chi connectivity index (χ1v) is 6.73. The number of ether oxygens (including phenoxy) is 2. The van der Waals surface area contributed by atoms with Crippen molar-refractivity contribution in [2.45, 2.75) is 19.4 Å². The number of carbonyl (C=O) groups excluding carboxylic acids is 1. The zero-order valence-electron chi connectivity index (χ0n) is 12.2. The van der Waals surface area contributed by atoms with Crippen molar-refractivity contribution in [2.75, 3.05) is 14.2 Å². The zero-order chi connectivity index (χ0) is 15.1. The highest BCUT2D eigenvalue weighted by molar-refractivity contribution is 5.76. The van der Waals surface area contributed by atoms with Gasteiger partial charge in [0.05, 0.1) is 20.5 Å². The molecule has 2 rings (SSSR count). The summed E-state index contributed by atoms with van der Waals surface area (Å²) in [5, 5.41) is 2.87. The van der Waals surface area contributed by atoms with Crippen LogP contribution in [0.5, 0.6) is 11.5 Å². The molecule has 0 radical (unpaired) electrons. The third kappa shape index (κ3) is 4.27. The van der Waals surface area contributed by atoms with Gasteiger partial charge in [-0.25, -0.2) is 0 Å². The molecule has 21 heavy (non-hydrogen) atoms. The van der Waals surface area contributed by atoms with Gasteiger partial charge in [-0.05, 0) is 24.3 Å². The first-order chi connectivity index (χ1) is 10.2. The number of hydrogen-bond donors (Lipinski definition) is 1. The maximum Gasteiger partial charge on any atom is 0.220 e. The number of hydrogen-bond acceptors (Lipinski definition) is 4. The van der Waals surface area contributed by atoms with Crippen molar-refractivity contribution in [2.24, 2.45) is 0 Å². The summed E-state index contributed by atoms with van der Waals surface area (Å²) < 4.78 is 15.6. The van der Waals surface area contributed by atoms with E-state index < -0.39 is 0 Å². The molecular weight excluding hydrogens is 270 g/mol. The number of methoxy groups -OCH3 is 2. The van der Waals surface area contributed by atoms with Crippen LogP contribution in [0, 0.1) is 0 Å². The van der Waals surface area contributed by atoms with Crippen LogP contribution in [-0.2, 0) is 17.8 Å². The summed E-state index contributed by atoms with van der Waals surface area (Å²) in [5.74, 6) is 2.21. The standard InChI is InChI=1S/C16H19NO4/c1-19-14-6-5-12(15(10-14)20-2)11-17-16(18)8-7-13-4-3-9-21-13/h3-6,9-10H,7-8,11H2,1-2H3,(H,17,18). The van der Waals surface area contributed by atoms with Gasteiger partial charge in [-0.3, -0.25) is 4.79 Å². The monoisotopic (exact) mass is 289 g/mol. The third-order valence-corrected chi connectivity index (χ3v) is 3.15. The van der Waals surface area contributed by atoms with Crippen LogP contribution in [-0.4, -0.2) is 20.1 Å². The first kappa shape index (κ1) is 15.0. The van der Waals surface area contributed by atoms with Gasteiger partial charge in [-0.1, -0.05) is 0 Å². The lowest BCUT2D eigenvalue weighted by atomic mass is 10.2. The van der Waals surface area contributed by atoms with E-state index in [4.69, 9.17) is 13.9 Å². The summed E-state index contributed by atoms with van der Waals surface area (Å²) in [6.07, 6.45) is 2.60. The molecule has 5 heteroatoms. The second kappa shape index (κ2) is 7.38. The Kier molecular flexibility index (Phi) is 5.26. The predicted octanol–water partition coefficient (Wildman–Crippen LogP) is 2.55. The van der Waals surface area contributed by atoms with Crippen LogP contribution >= 0.6 is 0 Å². The van der Waals surface area contributed by atoms with Gasteiger partial charge in [-0.15, -0.1) is 0 Å². The normalized spacial score (nSPS) is 10.2. The number of nitrogens with one attached hydrogen (secondary N) is 1. The lowest BCUT2D eigenvalue weighted by Gasteiger charge is -2.11. The Morgan fingerprint density at radius 3 is 2.76 bits per heavy atom. The van der Waals surface area contributed by atoms with E-state index in [0.717, 1.165) is 17.1 Å². The minimum absolute atomic E-state index is 0.0238. The van der Waals surface area contributed by atoms with Crippen molar-refractivity contribution < 1.29 is 18.7 Å². The molecule has 0 unspecified atom stereocenters. The van der Waals surface area contributed by atoms with Crippen LogP contribution in [0.3, 0.4) is 0 Å². The fourth-order valence-electron chi connectivity index (χ4n) is 1.97. The van der Waals surface area contributed by atoms with Crippen LogP contribution in [0.2, 0.25) is 0 Å². The van der Waals surface area contributed by atoms with Crippen LogP contribution < -0.4 is 14.8 Å². The van der Waals surface area contributed by atoms with E-state index in [-0.39, 0.29) is 5.91 Å². The lowest BCUT2D eigenvalue weighted by molar-refractivity contribution is -0.121. The minimum Gasteiger partial charge on any atom is -0.497 e. The third-order valence-electron chi connectivity index (χ3n) is 3.15. The number of benzene rings is 1. The van der Waals surface area contributed by atoms with Crippen molar-refractivity contribution in [3.63, 3.8) is 0 Å². The second-order valence-corrected chi connectivity index (χ2v) is 4.53. The molecule has 1 heterocycles. The number of amides is 1. The maximum atomic E-state index is 11.8. The van der Waals surface area contributed by atoms with Gasteiger partial charge in [0, 0.05) is 31.0 Å². The van der Waals surface area contributed by atoms with E-state index in [1.807, 2.05) is 24.3 Å². The molecule has 1 aromatic carbocycles. The van der Waals surface area contributed by atoms with Crippen molar-refractivity contribution in [1.82, 2.24) is 5.32 Å². The van der Waals surface area contributed by atoms with Crippen molar-refractivity contribution in [3.8, 4) is 11.5 Å². The first-order valence-electron chi connectivity index (χ1n) is 6.73. The highest BCUT2D eigenvalue weighted by Crippen LogP contribution is 2.24. The number of rotatable bonds is 7. The van der Waals surface area contributed by atoms with E-state index in [9.17, 15) is 4.79 Å². The van der Waals surface area contributed by atoms with E-state index in [2.05, 4.69) is 5.32 Å². The Morgan fingerprint density at radius 1 is 1.24 bits per heavy atom. The van der Waals surface area contributed by atoms with E-state index in [0.29, 0.717) is 25.1 Å². The Hall–Kier alpha value is -2.43. The summed E-state index contributed by atoms with van der Waals surface area (Å²) in [5.41, 5.74) is 0.907. The van der Waals surface area contributed by atoms with Gasteiger partial charge in [0.25, 0.3) is 0 Å². The van der Waals surface area contributed by atoms with Gasteiger partial charge in [0.1, 0.15) is 17.3 Å². The molecule has 2 aromatic rings. The van der Waals surface area contributed by atoms with Gasteiger partial charge < -0.3 is 19.2 Å². The number of furan rings is 1. The summed E-state index contributed by atoms with van der Waals surface area (Å²) in [6, 6.07) is 9.19. The molecular formula is C16H19NO4. The highest BCUT2D eigenvalue weighted by Gasteiger charge is 2.08. The fourth-order valence-corrected chi connectivity index (χ4v) is 1.97. The minimum atomic E-state index is -0.0238. The van der Waals surface area contributed by atoms with Gasteiger partial charge in [0.2, 0.25) is 5.91 Å². The molecule has 112 valence electrons. The zero-order valence-corrected chi connectivity index (χ0v) is 12.2. The van der Waals surface area contributed by atoms with Crippen LogP contribution in [0.4, 0.5) is 0 Å². The molecule has 1 N–H and O–H groups in total. The maximum absolute atomic E-state index is 11.8. The number of aryl methyl sites for hydroxylation is 1. The quantitative estimate of drug-likeness (QED) is 0.851. The van der Waals surface area contributed by atoms with E-state index in [1.165, 1.54) is 0 Å². The van der Waals surface area contributed by atoms with Gasteiger partial charge in [-0.2, -0.15) is 0 Å². The molecule has 0 aliphatic heterocycles. The largest absolute Gasteiger partial charge is 0.497 e. The average molecular weight is 289 g/mol. The Bertz CT molecular complexity index is 578. The van der Waals surface area contributed by atoms with Gasteiger partial charge >= 0.3 is 0 Å². The molecule has 0 atom stereocenters. The Labute approximate surface area is 123 Å². The number of carbonyl (C=O) groups is 1. The molecule has 0 saturated carbocycles. The van der Waals surface area contributed by atoms with Crippen molar-refractivity contribution in [3.05, 3.63) is 47.9 Å². The SMILES string of the molecule is COc1ccc(CNC(=O)CCc2ccco2)c(OC)c1. The Balaban J connectivity index is 1.85.